The molecule has 2 unspecified atom stereocenters. The molecule has 2 aromatic rings. The zero-order valence-electron chi connectivity index (χ0n) is 19.3. The summed E-state index contributed by atoms with van der Waals surface area (Å²) in [7, 11) is 0. The predicted octanol–water partition coefficient (Wildman–Crippen LogP) is 1.68. The Balaban J connectivity index is 1.46. The Morgan fingerprint density at radius 3 is 2.58 bits per heavy atom. The zero-order chi connectivity index (χ0) is 24.0. The van der Waals surface area contributed by atoms with Gasteiger partial charge in [-0.1, -0.05) is 30.3 Å². The Labute approximate surface area is 196 Å². The summed E-state index contributed by atoms with van der Waals surface area (Å²) in [6.07, 6.45) is 0.215. The van der Waals surface area contributed by atoms with Crippen LogP contribution in [0.3, 0.4) is 0 Å². The van der Waals surface area contributed by atoms with Crippen molar-refractivity contribution >= 4 is 29.5 Å². The number of tetrazole rings is 1. The summed E-state index contributed by atoms with van der Waals surface area (Å²) in [5.74, 6) is -0.298. The van der Waals surface area contributed by atoms with Gasteiger partial charge < -0.3 is 15.0 Å². The molecule has 10 nitrogen and oxygen atoms in total. The maximum absolute atomic E-state index is 13.1. The summed E-state index contributed by atoms with van der Waals surface area (Å²) in [6, 6.07) is 8.38. The molecule has 0 bridgehead atoms. The van der Waals surface area contributed by atoms with E-state index in [0.717, 1.165) is 5.56 Å². The normalized spacial score (nSPS) is 23.6. The molecule has 176 valence electrons. The van der Waals surface area contributed by atoms with Crippen LogP contribution in [0.4, 0.5) is 0 Å². The van der Waals surface area contributed by atoms with E-state index in [2.05, 4.69) is 20.8 Å². The molecule has 0 aliphatic carbocycles. The van der Waals surface area contributed by atoms with Gasteiger partial charge in [0.2, 0.25) is 11.8 Å². The lowest BCUT2D eigenvalue weighted by Gasteiger charge is -2.44. The second-order valence-corrected chi connectivity index (χ2v) is 11.6. The number of ether oxygens (including phenoxy) is 1. The first-order chi connectivity index (χ1) is 15.5. The largest absolute Gasteiger partial charge is 0.442 e. The molecule has 1 aromatic carbocycles. The van der Waals surface area contributed by atoms with Crippen LogP contribution in [0.1, 0.15) is 52.0 Å². The third-order valence-electron chi connectivity index (χ3n) is 5.70. The van der Waals surface area contributed by atoms with E-state index >= 15 is 0 Å². The van der Waals surface area contributed by atoms with Crippen LogP contribution in [0.2, 0.25) is 0 Å². The van der Waals surface area contributed by atoms with E-state index in [1.807, 2.05) is 44.2 Å². The summed E-state index contributed by atoms with van der Waals surface area (Å²) >= 11 is 1.60. The fourth-order valence-corrected chi connectivity index (χ4v) is 5.64. The number of thioether (sulfide) groups is 1. The number of amides is 2. The molecule has 2 aliphatic rings. The van der Waals surface area contributed by atoms with Crippen LogP contribution in [0, 0.1) is 5.41 Å². The summed E-state index contributed by atoms with van der Waals surface area (Å²) in [5.41, 5.74) is 0.236. The van der Waals surface area contributed by atoms with Crippen molar-refractivity contribution in [2.24, 2.45) is 5.41 Å². The van der Waals surface area contributed by atoms with Gasteiger partial charge in [0.05, 0.1) is 11.8 Å². The summed E-state index contributed by atoms with van der Waals surface area (Å²) in [6.45, 7) is 9.18. The molecule has 0 saturated carbocycles. The van der Waals surface area contributed by atoms with Gasteiger partial charge in [0.25, 0.3) is 0 Å². The molecule has 4 rings (SSSR count). The molecule has 1 N–H and O–H groups in total. The number of nitrogens with one attached hydrogen (secondary N) is 1. The van der Waals surface area contributed by atoms with Crippen molar-refractivity contribution < 1.29 is 19.1 Å². The molecule has 11 heteroatoms. The molecule has 3 atom stereocenters. The molecule has 2 amide bonds. The van der Waals surface area contributed by atoms with Crippen LogP contribution in [0.25, 0.3) is 0 Å². The van der Waals surface area contributed by atoms with Gasteiger partial charge >= 0.3 is 5.97 Å². The number of hydrogen-bond acceptors (Lipinski definition) is 8. The van der Waals surface area contributed by atoms with Gasteiger partial charge in [0.1, 0.15) is 17.5 Å². The van der Waals surface area contributed by atoms with Crippen molar-refractivity contribution in [2.45, 2.75) is 70.0 Å². The Morgan fingerprint density at radius 1 is 1.21 bits per heavy atom. The van der Waals surface area contributed by atoms with Gasteiger partial charge in [0, 0.05) is 4.75 Å². The van der Waals surface area contributed by atoms with Gasteiger partial charge in [-0.3, -0.25) is 14.4 Å². The quantitative estimate of drug-likeness (QED) is 0.498. The molecule has 33 heavy (non-hydrogen) atoms. The Hall–Kier alpha value is -2.95. The first kappa shape index (κ1) is 23.2. The standard InChI is InChI=1S/C22H28N6O4S/c1-21(2,3)20(31)32-12-27-17(24-25-26-27)16-22(4,5)33-19-15(18(30)28(16)19)23-14(29)11-13-9-7-6-8-10-13/h6-10,15-16,19H,11-12H2,1-5H3,(H,23,29)/t15?,16?,19-/m0/s1. The average Bonchev–Trinajstić information content (AvgIpc) is 3.29. The van der Waals surface area contributed by atoms with Crippen LogP contribution in [0.15, 0.2) is 30.3 Å². The third-order valence-corrected chi connectivity index (χ3v) is 7.27. The Bertz CT molecular complexity index is 1060. The van der Waals surface area contributed by atoms with Gasteiger partial charge in [-0.15, -0.1) is 16.9 Å². The van der Waals surface area contributed by atoms with E-state index in [4.69, 9.17) is 4.74 Å². The first-order valence-corrected chi connectivity index (χ1v) is 11.6. The number of benzene rings is 1. The summed E-state index contributed by atoms with van der Waals surface area (Å²) in [4.78, 5) is 39.5. The number of carbonyl (C=O) groups is 3. The second-order valence-electron chi connectivity index (χ2n) is 9.81. The minimum absolute atomic E-state index is 0.139. The number of rotatable bonds is 6. The Kier molecular flexibility index (Phi) is 5.94. The summed E-state index contributed by atoms with van der Waals surface area (Å²) in [5, 5.41) is 14.5. The minimum Gasteiger partial charge on any atom is -0.442 e. The van der Waals surface area contributed by atoms with E-state index < -0.39 is 22.2 Å². The van der Waals surface area contributed by atoms with Gasteiger partial charge in [-0.05, 0) is 50.6 Å². The lowest BCUT2D eigenvalue weighted by molar-refractivity contribution is -0.158. The molecule has 0 radical (unpaired) electrons. The Morgan fingerprint density at radius 2 is 1.91 bits per heavy atom. The maximum atomic E-state index is 13.1. The van der Waals surface area contributed by atoms with Crippen molar-refractivity contribution in [3.8, 4) is 0 Å². The number of esters is 1. The van der Waals surface area contributed by atoms with Crippen LogP contribution in [0.5, 0.6) is 0 Å². The fourth-order valence-electron chi connectivity index (χ4n) is 4.01. The number of carbonyl (C=O) groups excluding carboxylic acids is 3. The van der Waals surface area contributed by atoms with Crippen LogP contribution < -0.4 is 5.32 Å². The van der Waals surface area contributed by atoms with E-state index in [0.29, 0.717) is 5.82 Å². The number of β-lactam (4-membered cyclic amide) rings is 1. The van der Waals surface area contributed by atoms with Crippen LogP contribution in [-0.4, -0.2) is 59.1 Å². The fraction of sp³-hybridized carbons (Fsp3) is 0.545. The van der Waals surface area contributed by atoms with Gasteiger partial charge in [-0.25, -0.2) is 0 Å². The average molecular weight is 473 g/mol. The topological polar surface area (TPSA) is 119 Å². The van der Waals surface area contributed by atoms with Crippen molar-refractivity contribution in [3.05, 3.63) is 41.7 Å². The number of aromatic nitrogens is 4. The predicted molar refractivity (Wildman–Crippen MR) is 120 cm³/mol. The molecule has 2 fully saturated rings. The maximum Gasteiger partial charge on any atom is 0.313 e. The van der Waals surface area contributed by atoms with Crippen LogP contribution in [-0.2, 0) is 32.3 Å². The first-order valence-electron chi connectivity index (χ1n) is 10.8. The van der Waals surface area contributed by atoms with E-state index in [9.17, 15) is 14.4 Å². The lowest BCUT2D eigenvalue weighted by atomic mass is 9.95. The molecular weight excluding hydrogens is 444 g/mol. The lowest BCUT2D eigenvalue weighted by Crippen LogP contribution is -2.68. The highest BCUT2D eigenvalue weighted by molar-refractivity contribution is 8.01. The van der Waals surface area contributed by atoms with Crippen molar-refractivity contribution in [1.82, 2.24) is 30.4 Å². The molecule has 2 saturated heterocycles. The monoisotopic (exact) mass is 472 g/mol. The van der Waals surface area contributed by atoms with E-state index in [1.54, 1.807) is 37.4 Å². The molecule has 0 spiro atoms. The summed E-state index contributed by atoms with van der Waals surface area (Å²) < 4.78 is 6.36. The molecule has 2 aliphatic heterocycles. The van der Waals surface area contributed by atoms with Crippen LogP contribution >= 0.6 is 11.8 Å². The highest BCUT2D eigenvalue weighted by Crippen LogP contribution is 2.56. The molecular formula is C22H28N6O4S. The van der Waals surface area contributed by atoms with Crippen molar-refractivity contribution in [3.63, 3.8) is 0 Å². The third kappa shape index (κ3) is 4.46. The number of nitrogens with zero attached hydrogens (tertiary/aromatic N) is 5. The van der Waals surface area contributed by atoms with Gasteiger partial charge in [0.15, 0.2) is 12.6 Å². The SMILES string of the molecule is CC(C)(C)C(=O)OCn1nnnc1C1N2C(=O)C(NC(=O)Cc3ccccc3)[C@@H]2SC1(C)C. The highest BCUT2D eigenvalue weighted by Gasteiger charge is 2.63. The van der Waals surface area contributed by atoms with E-state index in [1.165, 1.54) is 4.68 Å². The smallest absolute Gasteiger partial charge is 0.313 e. The van der Waals surface area contributed by atoms with Crippen molar-refractivity contribution in [2.75, 3.05) is 0 Å². The second kappa shape index (κ2) is 8.44. The van der Waals surface area contributed by atoms with E-state index in [-0.39, 0.29) is 36.3 Å². The van der Waals surface area contributed by atoms with Gasteiger partial charge in [-0.2, -0.15) is 4.68 Å². The molecule has 3 heterocycles. The minimum atomic E-state index is -0.652. The number of hydrogen-bond donors (Lipinski definition) is 1. The molecule has 1 aromatic heterocycles. The van der Waals surface area contributed by atoms with Crippen molar-refractivity contribution in [1.29, 1.82) is 0 Å². The zero-order valence-corrected chi connectivity index (χ0v) is 20.1. The highest BCUT2D eigenvalue weighted by atomic mass is 32.2. The number of fused-ring (bicyclic) bond motifs is 1.